The van der Waals surface area contributed by atoms with E-state index in [-0.39, 0.29) is 5.82 Å². The molecular formula is C21H18F5N5. The van der Waals surface area contributed by atoms with Gasteiger partial charge in [0, 0.05) is 44.0 Å². The molecule has 162 valence electrons. The molecule has 10 heteroatoms. The molecule has 0 radical (unpaired) electrons. The van der Waals surface area contributed by atoms with Crippen LogP contribution in [0.1, 0.15) is 11.4 Å². The molecule has 0 bridgehead atoms. The number of benzene rings is 1. The van der Waals surface area contributed by atoms with E-state index >= 15 is 0 Å². The molecule has 0 saturated carbocycles. The van der Waals surface area contributed by atoms with E-state index in [2.05, 4.69) is 15.0 Å². The van der Waals surface area contributed by atoms with Gasteiger partial charge in [0.05, 0.1) is 11.3 Å². The number of aryl methyl sites for hydroxylation is 1. The second kappa shape index (κ2) is 8.09. The zero-order chi connectivity index (χ0) is 22.2. The van der Waals surface area contributed by atoms with Gasteiger partial charge in [-0.1, -0.05) is 0 Å². The predicted molar refractivity (Wildman–Crippen MR) is 106 cm³/mol. The van der Waals surface area contributed by atoms with Crippen molar-refractivity contribution in [3.05, 3.63) is 65.6 Å². The van der Waals surface area contributed by atoms with Gasteiger partial charge in [-0.15, -0.1) is 0 Å². The summed E-state index contributed by atoms with van der Waals surface area (Å²) in [6.07, 6.45) is -3.14. The minimum atomic E-state index is -4.48. The van der Waals surface area contributed by atoms with Crippen LogP contribution in [-0.4, -0.2) is 41.1 Å². The number of hydrogen-bond acceptors (Lipinski definition) is 5. The summed E-state index contributed by atoms with van der Waals surface area (Å²) in [5.74, 6) is -0.984. The van der Waals surface area contributed by atoms with Crippen LogP contribution in [0.15, 0.2) is 42.6 Å². The Labute approximate surface area is 175 Å². The Kier molecular flexibility index (Phi) is 5.47. The molecule has 2 aromatic heterocycles. The van der Waals surface area contributed by atoms with Gasteiger partial charge in [-0.3, -0.25) is 0 Å². The molecule has 5 nitrogen and oxygen atoms in total. The third-order valence-electron chi connectivity index (χ3n) is 5.04. The van der Waals surface area contributed by atoms with E-state index in [0.717, 1.165) is 18.2 Å². The van der Waals surface area contributed by atoms with Gasteiger partial charge in [-0.05, 0) is 37.3 Å². The van der Waals surface area contributed by atoms with Crippen molar-refractivity contribution >= 4 is 11.6 Å². The normalized spacial score (nSPS) is 14.8. The molecule has 1 fully saturated rings. The summed E-state index contributed by atoms with van der Waals surface area (Å²) < 4.78 is 66.8. The van der Waals surface area contributed by atoms with Crippen LogP contribution in [0, 0.1) is 18.6 Å². The molecule has 0 atom stereocenters. The van der Waals surface area contributed by atoms with E-state index in [1.165, 1.54) is 18.3 Å². The van der Waals surface area contributed by atoms with Crippen LogP contribution in [0.4, 0.5) is 33.6 Å². The smallest absolute Gasteiger partial charge is 0.353 e. The monoisotopic (exact) mass is 435 g/mol. The number of alkyl halides is 3. The lowest BCUT2D eigenvalue weighted by molar-refractivity contribution is -0.137. The Morgan fingerprint density at radius 3 is 2.26 bits per heavy atom. The first-order chi connectivity index (χ1) is 14.7. The van der Waals surface area contributed by atoms with Crippen molar-refractivity contribution in [3.8, 4) is 11.3 Å². The Balaban J connectivity index is 1.55. The predicted octanol–water partition coefficient (Wildman–Crippen LogP) is 4.47. The van der Waals surface area contributed by atoms with Gasteiger partial charge in [0.15, 0.2) is 11.6 Å². The number of pyridine rings is 1. The van der Waals surface area contributed by atoms with Crippen LogP contribution in [-0.2, 0) is 6.18 Å². The lowest BCUT2D eigenvalue weighted by Crippen LogP contribution is -2.47. The molecule has 3 aromatic rings. The zero-order valence-corrected chi connectivity index (χ0v) is 16.5. The van der Waals surface area contributed by atoms with E-state index in [4.69, 9.17) is 0 Å². The second-order valence-corrected chi connectivity index (χ2v) is 7.13. The Hall–Kier alpha value is -3.30. The van der Waals surface area contributed by atoms with Crippen LogP contribution < -0.4 is 9.80 Å². The lowest BCUT2D eigenvalue weighted by Gasteiger charge is -2.37. The van der Waals surface area contributed by atoms with Crippen molar-refractivity contribution in [1.29, 1.82) is 0 Å². The highest BCUT2D eigenvalue weighted by Crippen LogP contribution is 2.35. The molecule has 0 aliphatic carbocycles. The summed E-state index contributed by atoms with van der Waals surface area (Å²) in [5, 5.41) is 0. The van der Waals surface area contributed by atoms with Gasteiger partial charge in [0.2, 0.25) is 0 Å². The summed E-state index contributed by atoms with van der Waals surface area (Å²) in [5.41, 5.74) is 0.0856. The number of anilines is 2. The van der Waals surface area contributed by atoms with E-state index in [1.807, 2.05) is 4.90 Å². The second-order valence-electron chi connectivity index (χ2n) is 7.13. The molecule has 0 unspecified atom stereocenters. The fraction of sp³-hybridized carbons (Fsp3) is 0.286. The third kappa shape index (κ3) is 4.42. The summed E-state index contributed by atoms with van der Waals surface area (Å²) in [6.45, 7) is 3.17. The van der Waals surface area contributed by atoms with E-state index in [0.29, 0.717) is 49.1 Å². The standard InChI is InChI=1S/C21H18F5N5/c1-13-28-18(14-4-5-16(22)17(23)11-14)12-19(29-13)30-7-9-31(10-8-30)20-15(21(24,25)26)3-2-6-27-20/h2-6,11-12H,7-10H2,1H3. The van der Waals surface area contributed by atoms with Gasteiger partial charge in [0.25, 0.3) is 0 Å². The van der Waals surface area contributed by atoms with Gasteiger partial charge in [0.1, 0.15) is 17.5 Å². The molecular weight excluding hydrogens is 417 g/mol. The van der Waals surface area contributed by atoms with Gasteiger partial charge in [-0.2, -0.15) is 13.2 Å². The number of hydrogen-bond donors (Lipinski definition) is 0. The summed E-state index contributed by atoms with van der Waals surface area (Å²) in [7, 11) is 0. The van der Waals surface area contributed by atoms with Crippen molar-refractivity contribution in [3.63, 3.8) is 0 Å². The Morgan fingerprint density at radius 1 is 0.871 bits per heavy atom. The summed E-state index contributed by atoms with van der Waals surface area (Å²) in [4.78, 5) is 16.2. The van der Waals surface area contributed by atoms with Crippen molar-refractivity contribution in [2.45, 2.75) is 13.1 Å². The van der Waals surface area contributed by atoms with Crippen molar-refractivity contribution in [2.75, 3.05) is 36.0 Å². The first-order valence-corrected chi connectivity index (χ1v) is 9.55. The maximum absolute atomic E-state index is 13.6. The maximum atomic E-state index is 13.6. The largest absolute Gasteiger partial charge is 0.419 e. The van der Waals surface area contributed by atoms with Crippen LogP contribution in [0.2, 0.25) is 0 Å². The maximum Gasteiger partial charge on any atom is 0.419 e. The number of aromatic nitrogens is 3. The van der Waals surface area contributed by atoms with Crippen molar-refractivity contribution < 1.29 is 22.0 Å². The van der Waals surface area contributed by atoms with Crippen LogP contribution >= 0.6 is 0 Å². The van der Waals surface area contributed by atoms with Gasteiger partial charge < -0.3 is 9.80 Å². The molecule has 0 amide bonds. The van der Waals surface area contributed by atoms with Gasteiger partial charge >= 0.3 is 6.18 Å². The summed E-state index contributed by atoms with van der Waals surface area (Å²) in [6, 6.07) is 7.49. The molecule has 31 heavy (non-hydrogen) atoms. The number of rotatable bonds is 3. The molecule has 1 aliphatic heterocycles. The third-order valence-corrected chi connectivity index (χ3v) is 5.04. The van der Waals surface area contributed by atoms with Crippen LogP contribution in [0.25, 0.3) is 11.3 Å². The van der Waals surface area contributed by atoms with Crippen molar-refractivity contribution in [1.82, 2.24) is 15.0 Å². The Bertz CT molecular complexity index is 1090. The number of piperazine rings is 1. The highest BCUT2D eigenvalue weighted by Gasteiger charge is 2.36. The number of halogens is 5. The van der Waals surface area contributed by atoms with Crippen LogP contribution in [0.3, 0.4) is 0 Å². The highest BCUT2D eigenvalue weighted by molar-refractivity contribution is 5.63. The molecule has 1 saturated heterocycles. The minimum Gasteiger partial charge on any atom is -0.353 e. The minimum absolute atomic E-state index is 0.0870. The van der Waals surface area contributed by atoms with Gasteiger partial charge in [-0.25, -0.2) is 23.7 Å². The zero-order valence-electron chi connectivity index (χ0n) is 16.5. The fourth-order valence-electron chi connectivity index (χ4n) is 3.53. The lowest BCUT2D eigenvalue weighted by atomic mass is 10.1. The van der Waals surface area contributed by atoms with Crippen LogP contribution in [0.5, 0.6) is 0 Å². The van der Waals surface area contributed by atoms with E-state index in [9.17, 15) is 22.0 Å². The highest BCUT2D eigenvalue weighted by atomic mass is 19.4. The van der Waals surface area contributed by atoms with E-state index in [1.54, 1.807) is 17.9 Å². The first kappa shape index (κ1) is 21.0. The molecule has 1 aliphatic rings. The quantitative estimate of drug-likeness (QED) is 0.568. The topological polar surface area (TPSA) is 45.2 Å². The average Bonchev–Trinajstić information content (AvgIpc) is 2.75. The van der Waals surface area contributed by atoms with E-state index < -0.39 is 23.4 Å². The molecule has 0 spiro atoms. The number of nitrogens with zero attached hydrogens (tertiary/aromatic N) is 5. The average molecular weight is 435 g/mol. The molecule has 4 rings (SSSR count). The first-order valence-electron chi connectivity index (χ1n) is 9.55. The Morgan fingerprint density at radius 2 is 1.58 bits per heavy atom. The van der Waals surface area contributed by atoms with Crippen molar-refractivity contribution in [2.24, 2.45) is 0 Å². The summed E-state index contributed by atoms with van der Waals surface area (Å²) >= 11 is 0. The molecule has 0 N–H and O–H groups in total. The fourth-order valence-corrected chi connectivity index (χ4v) is 3.53. The molecule has 3 heterocycles. The SMILES string of the molecule is Cc1nc(-c2ccc(F)c(F)c2)cc(N2CCN(c3ncccc3C(F)(F)F)CC2)n1. The molecule has 1 aromatic carbocycles.